The summed E-state index contributed by atoms with van der Waals surface area (Å²) in [4.78, 5) is 13.0. The molecule has 0 saturated carbocycles. The van der Waals surface area contributed by atoms with Crippen LogP contribution in [0, 0.1) is 0 Å². The normalized spacial score (nSPS) is 13.3. The van der Waals surface area contributed by atoms with Crippen LogP contribution in [0.15, 0.2) is 5.11 Å². The van der Waals surface area contributed by atoms with E-state index in [2.05, 4.69) is 10.0 Å². The molecule has 7 nitrogen and oxygen atoms in total. The molecule has 0 bridgehead atoms. The molecule has 0 amide bonds. The fraction of sp³-hybridized carbons (Fsp3) is 0.857. The number of nitrogens with zero attached hydrogens (tertiary/aromatic N) is 3. The van der Waals surface area contributed by atoms with Gasteiger partial charge in [0.05, 0.1) is 0 Å². The minimum atomic E-state index is -1.83. The lowest BCUT2D eigenvalue weighted by atomic mass is 10.0. The van der Waals surface area contributed by atoms with Gasteiger partial charge in [0.1, 0.15) is 0 Å². The van der Waals surface area contributed by atoms with Crippen molar-refractivity contribution in [3.8, 4) is 0 Å². The van der Waals surface area contributed by atoms with Crippen molar-refractivity contribution in [3.63, 3.8) is 0 Å². The zero-order valence-corrected chi connectivity index (χ0v) is 7.18. The highest BCUT2D eigenvalue weighted by molar-refractivity contribution is 5.77. The van der Waals surface area contributed by atoms with Crippen molar-refractivity contribution in [2.45, 2.75) is 32.4 Å². The summed E-state index contributed by atoms with van der Waals surface area (Å²) in [5, 5.41) is 11.7. The summed E-state index contributed by atoms with van der Waals surface area (Å²) in [6.45, 7) is 0.464. The van der Waals surface area contributed by atoms with Crippen molar-refractivity contribution in [2.75, 3.05) is 6.54 Å². The predicted molar refractivity (Wildman–Crippen MR) is 53.3 cm³/mol. The molecule has 0 saturated heterocycles. The maximum atomic E-state index is 10.6. The van der Waals surface area contributed by atoms with E-state index in [1.165, 1.54) is 0 Å². The minimum Gasteiger partial charge on any atom is -0.480 e. The number of carboxylic acid groups (broad SMARTS) is 1. The van der Waals surface area contributed by atoms with Crippen LogP contribution in [0.25, 0.3) is 10.4 Å². The third kappa shape index (κ3) is 4.66. The van der Waals surface area contributed by atoms with Crippen LogP contribution in [0.3, 0.4) is 0 Å². The highest BCUT2D eigenvalue weighted by Gasteiger charge is 2.31. The molecule has 5 N–H and O–H groups in total. The molecule has 0 aromatic carbocycles. The zero-order valence-electron chi connectivity index (χ0n) is 7.18. The van der Waals surface area contributed by atoms with E-state index in [4.69, 9.17) is 22.1 Å². The lowest BCUT2D eigenvalue weighted by Crippen LogP contribution is -2.45. The van der Waals surface area contributed by atoms with Gasteiger partial charge in [0.2, 0.25) is 0 Å². The van der Waals surface area contributed by atoms with Gasteiger partial charge < -0.3 is 16.6 Å². The fourth-order valence-electron chi connectivity index (χ4n) is 0.818. The average Bonchev–Trinajstić information content (AvgIpc) is 2.05. The van der Waals surface area contributed by atoms with Gasteiger partial charge in [-0.25, -0.2) is 0 Å². The summed E-state index contributed by atoms with van der Waals surface area (Å²) < 4.78 is 0. The van der Waals surface area contributed by atoms with Gasteiger partial charge in [-0.3, -0.25) is 4.79 Å². The van der Waals surface area contributed by atoms with Gasteiger partial charge in [0.15, 0.2) is 5.66 Å². The average molecular weight is 203 g/mol. The van der Waals surface area contributed by atoms with Gasteiger partial charge in [0.25, 0.3) is 0 Å². The number of hydrogen-bond acceptors (Lipinski definition) is 4. The molecular weight excluding hydrogens is 186 g/mol. The van der Waals surface area contributed by atoms with E-state index >= 15 is 0 Å². The highest BCUT2D eigenvalue weighted by atomic mass is 16.4. The Labute approximate surface area is 82.7 Å². The molecule has 14 heavy (non-hydrogen) atoms. The minimum absolute atomic E-state index is 0. The molecule has 0 aromatic rings. The third-order valence-electron chi connectivity index (χ3n) is 1.61. The highest BCUT2D eigenvalue weighted by Crippen LogP contribution is 2.13. The van der Waals surface area contributed by atoms with Crippen LogP contribution in [-0.2, 0) is 4.79 Å². The summed E-state index contributed by atoms with van der Waals surface area (Å²) in [7, 11) is 0. The molecule has 0 rings (SSSR count). The summed E-state index contributed by atoms with van der Waals surface area (Å²) in [5.41, 5.74) is 16.8. The van der Waals surface area contributed by atoms with E-state index in [9.17, 15) is 4.79 Å². The lowest BCUT2D eigenvalue weighted by Gasteiger charge is -2.17. The van der Waals surface area contributed by atoms with Gasteiger partial charge in [-0.1, -0.05) is 12.5 Å². The Balaban J connectivity index is 0. The molecule has 0 aliphatic heterocycles. The van der Waals surface area contributed by atoms with E-state index in [1.807, 2.05) is 0 Å². The first kappa shape index (κ1) is 15.2. The summed E-state index contributed by atoms with van der Waals surface area (Å²) in [5.74, 6) is -1.32. The molecule has 0 aliphatic carbocycles. The molecule has 0 aliphatic rings. The van der Waals surface area contributed by atoms with E-state index < -0.39 is 11.6 Å². The van der Waals surface area contributed by atoms with Gasteiger partial charge >= 0.3 is 5.97 Å². The first-order valence-corrected chi connectivity index (χ1v) is 3.85. The van der Waals surface area contributed by atoms with Crippen LogP contribution in [0.1, 0.15) is 26.7 Å². The number of unbranched alkanes of at least 4 members (excludes halogenated alkanes) is 1. The molecule has 82 valence electrons. The molecule has 7 heteroatoms. The lowest BCUT2D eigenvalue weighted by molar-refractivity contribution is -0.143. The number of rotatable bonds is 6. The maximum Gasteiger partial charge on any atom is 0.329 e. The number of azide groups is 1. The molecule has 0 unspecified atom stereocenters. The van der Waals surface area contributed by atoms with Gasteiger partial charge in [-0.15, -0.1) is 0 Å². The molecular formula is C7H17N5O2. The number of aliphatic carboxylic acids is 1. The molecule has 1 atom stereocenters. The standard InChI is InChI=1S/C6H13N5O2.CH4/c7-4-2-1-3-6(8,5(12)13)10-11-9;/h1-4,7-8H2,(H,12,13);1H4/t6-;/m1./s1. The first-order chi connectivity index (χ1) is 6.06. The third-order valence-corrected chi connectivity index (χ3v) is 1.61. The Morgan fingerprint density at radius 1 is 1.57 bits per heavy atom. The van der Waals surface area contributed by atoms with E-state index in [0.717, 1.165) is 0 Å². The molecule has 0 radical (unpaired) electrons. The van der Waals surface area contributed by atoms with Gasteiger partial charge in [-0.2, -0.15) is 0 Å². The second-order valence-corrected chi connectivity index (χ2v) is 2.66. The van der Waals surface area contributed by atoms with Crippen LogP contribution in [0.5, 0.6) is 0 Å². The SMILES string of the molecule is C.[N-]=[N+]=N[C@](N)(CCCCN)C(=O)O. The monoisotopic (exact) mass is 203 g/mol. The smallest absolute Gasteiger partial charge is 0.329 e. The van der Waals surface area contributed by atoms with Crippen LogP contribution in [0.4, 0.5) is 0 Å². The number of nitrogens with two attached hydrogens (primary N) is 2. The van der Waals surface area contributed by atoms with Crippen LogP contribution < -0.4 is 11.5 Å². The van der Waals surface area contributed by atoms with Crippen molar-refractivity contribution < 1.29 is 9.90 Å². The van der Waals surface area contributed by atoms with Crippen LogP contribution >= 0.6 is 0 Å². The number of hydrogen-bond donors (Lipinski definition) is 3. The van der Waals surface area contributed by atoms with E-state index in [1.54, 1.807) is 0 Å². The van der Waals surface area contributed by atoms with E-state index in [-0.39, 0.29) is 13.8 Å². The van der Waals surface area contributed by atoms with Crippen molar-refractivity contribution in [1.29, 1.82) is 0 Å². The molecule has 0 heterocycles. The summed E-state index contributed by atoms with van der Waals surface area (Å²) in [6.07, 6.45) is 1.29. The van der Waals surface area contributed by atoms with Crippen molar-refractivity contribution in [2.24, 2.45) is 16.6 Å². The quantitative estimate of drug-likeness (QED) is 0.254. The zero-order chi connectivity index (χ0) is 10.3. The first-order valence-electron chi connectivity index (χ1n) is 3.85. The summed E-state index contributed by atoms with van der Waals surface area (Å²) in [6, 6.07) is 0. The predicted octanol–water partition coefficient (Wildman–Crippen LogP) is 0.801. The van der Waals surface area contributed by atoms with Crippen LogP contribution in [0.2, 0.25) is 0 Å². The van der Waals surface area contributed by atoms with Crippen molar-refractivity contribution >= 4 is 5.97 Å². The summed E-state index contributed by atoms with van der Waals surface area (Å²) >= 11 is 0. The second-order valence-electron chi connectivity index (χ2n) is 2.66. The Kier molecular flexibility index (Phi) is 7.74. The van der Waals surface area contributed by atoms with Crippen molar-refractivity contribution in [1.82, 2.24) is 0 Å². The molecule has 0 fully saturated rings. The Bertz CT molecular complexity index is 222. The number of carboxylic acids is 1. The number of carbonyl (C=O) groups is 1. The van der Waals surface area contributed by atoms with Crippen LogP contribution in [-0.4, -0.2) is 23.3 Å². The van der Waals surface area contributed by atoms with Gasteiger partial charge in [0, 0.05) is 4.91 Å². The molecule has 0 spiro atoms. The Morgan fingerprint density at radius 2 is 2.14 bits per heavy atom. The topological polar surface area (TPSA) is 138 Å². The molecule has 0 aromatic heterocycles. The van der Waals surface area contributed by atoms with Gasteiger partial charge in [-0.05, 0) is 31.3 Å². The Hall–Kier alpha value is -1.30. The Morgan fingerprint density at radius 3 is 2.50 bits per heavy atom. The van der Waals surface area contributed by atoms with E-state index in [0.29, 0.717) is 19.4 Å². The fourth-order valence-corrected chi connectivity index (χ4v) is 0.818. The largest absolute Gasteiger partial charge is 0.480 e. The van der Waals surface area contributed by atoms with Crippen molar-refractivity contribution in [3.05, 3.63) is 10.4 Å². The maximum absolute atomic E-state index is 10.6. The second kappa shape index (κ2) is 7.14.